The summed E-state index contributed by atoms with van der Waals surface area (Å²) in [5, 5.41) is 8.36. The molecule has 0 saturated carbocycles. The van der Waals surface area contributed by atoms with Crippen LogP contribution in [0.15, 0.2) is 11.8 Å². The third-order valence-electron chi connectivity index (χ3n) is 0.412. The van der Waals surface area contributed by atoms with Crippen molar-refractivity contribution in [3.05, 3.63) is 11.8 Å². The minimum absolute atomic E-state index is 0. The number of allylic oxidation sites excluding steroid dienone is 2. The maximum atomic E-state index is 10.0. The summed E-state index contributed by atoms with van der Waals surface area (Å²) in [6, 6.07) is 0. The number of carbonyl (C=O) groups is 1. The summed E-state index contributed by atoms with van der Waals surface area (Å²) in [4.78, 5) is 10.0. The molecule has 0 radical (unpaired) electrons. The number of rotatable bonds is 1. The van der Waals surface area contributed by atoms with Crippen LogP contribution in [0.4, 0.5) is 0 Å². The first-order valence-electron chi connectivity index (χ1n) is 2.01. The van der Waals surface area contributed by atoms with Crippen molar-refractivity contribution < 1.29 is 20.9 Å². The Hall–Kier alpha value is 0.701. The van der Waals surface area contributed by atoms with Gasteiger partial charge in [0.15, 0.2) is 5.78 Å². The Morgan fingerprint density at radius 2 is 1.60 bits per heavy atom. The molecule has 0 bridgehead atoms. The van der Waals surface area contributed by atoms with Gasteiger partial charge in [0, 0.05) is 6.08 Å². The fourth-order valence-corrected chi connectivity index (χ4v) is 0.294. The molecule has 0 amide bonds. The third-order valence-corrected chi connectivity index (χ3v) is 0.412. The van der Waals surface area contributed by atoms with Gasteiger partial charge in [0.1, 0.15) is 0 Å². The van der Waals surface area contributed by atoms with Crippen molar-refractivity contribution in [3.63, 3.8) is 0 Å². The molecule has 0 unspecified atom stereocenters. The van der Waals surface area contributed by atoms with Crippen molar-refractivity contribution in [2.24, 2.45) is 0 Å². The molecule has 0 aromatic heterocycles. The molecule has 0 atom stereocenters. The molecule has 10 heavy (non-hydrogen) atoms. The zero-order valence-corrected chi connectivity index (χ0v) is 5.43. The number of aliphatic hydroxyl groups is 1. The molecule has 0 fully saturated rings. The molecule has 0 heterocycles. The van der Waals surface area contributed by atoms with Gasteiger partial charge in [-0.05, 0) is 13.8 Å². The normalized spacial score (nSPS) is 8.00. The average Bonchev–Trinajstić information content (AvgIpc) is 1.27. The van der Waals surface area contributed by atoms with Gasteiger partial charge >= 0.3 is 48.9 Å². The summed E-state index contributed by atoms with van der Waals surface area (Å²) in [6.45, 7) is 2.85. The molecule has 0 aliphatic rings. The Bertz CT molecular complexity index is 106. The Morgan fingerprint density at radius 3 is 1.60 bits per heavy atom. The first kappa shape index (κ1) is 22.4. The number of hydrogen-bond donors (Lipinski definition) is 1. The van der Waals surface area contributed by atoms with Crippen molar-refractivity contribution in [2.45, 2.75) is 13.8 Å². The molecule has 0 rings (SSSR count). The number of aliphatic hydroxyl groups excluding tert-OH is 1. The van der Waals surface area contributed by atoms with E-state index in [1.54, 1.807) is 0 Å². The molecule has 5 heteroatoms. The second-order valence-corrected chi connectivity index (χ2v) is 1.40. The molecule has 0 aliphatic heterocycles. The van der Waals surface area contributed by atoms with Crippen LogP contribution in [-0.4, -0.2) is 70.7 Å². The molecule has 4 nitrogen and oxygen atoms in total. The topological polar surface area (TPSA) is 100 Å². The van der Waals surface area contributed by atoms with Crippen LogP contribution in [0.25, 0.3) is 0 Å². The summed E-state index contributed by atoms with van der Waals surface area (Å²) in [5.41, 5.74) is 0. The van der Waals surface area contributed by atoms with Gasteiger partial charge < -0.3 is 16.1 Å². The standard InChI is InChI=1S/C5H8O2.Ba.2H2O.2H/c1-4(6)3-5(2)7;;;;;/h3,6H,1-2H3;;2*1H2;;/b4-3-;;;;;. The second kappa shape index (κ2) is 12.4. The van der Waals surface area contributed by atoms with E-state index in [-0.39, 0.29) is 71.4 Å². The number of ketones is 1. The van der Waals surface area contributed by atoms with E-state index >= 15 is 0 Å². The van der Waals surface area contributed by atoms with Crippen molar-refractivity contribution in [1.82, 2.24) is 0 Å². The predicted octanol–water partition coefficient (Wildman–Crippen LogP) is -1.53. The summed E-state index contributed by atoms with van der Waals surface area (Å²) in [7, 11) is 0. The van der Waals surface area contributed by atoms with Crippen molar-refractivity contribution >= 4 is 54.7 Å². The Kier molecular flexibility index (Phi) is 27.8. The van der Waals surface area contributed by atoms with Crippen LogP contribution in [0.5, 0.6) is 0 Å². The minimum atomic E-state index is -0.125. The first-order chi connectivity index (χ1) is 3.13. The van der Waals surface area contributed by atoms with Crippen LogP contribution in [0.3, 0.4) is 0 Å². The molecular formula is C5H14BaO4. The van der Waals surface area contributed by atoms with E-state index in [0.717, 1.165) is 0 Å². The molecule has 0 aromatic rings. The van der Waals surface area contributed by atoms with Crippen molar-refractivity contribution in [1.29, 1.82) is 0 Å². The predicted molar refractivity (Wildman–Crippen MR) is 42.8 cm³/mol. The van der Waals surface area contributed by atoms with Gasteiger partial charge in [-0.15, -0.1) is 0 Å². The van der Waals surface area contributed by atoms with Crippen LogP contribution in [-0.2, 0) is 4.79 Å². The molecule has 0 aliphatic carbocycles. The van der Waals surface area contributed by atoms with Crippen LogP contribution in [0.2, 0.25) is 0 Å². The molecule has 0 spiro atoms. The summed E-state index contributed by atoms with van der Waals surface area (Å²) >= 11 is 0. The van der Waals surface area contributed by atoms with Crippen LogP contribution < -0.4 is 0 Å². The number of carbonyl (C=O) groups excluding carboxylic acids is 1. The van der Waals surface area contributed by atoms with E-state index in [2.05, 4.69) is 0 Å². The zero-order valence-electron chi connectivity index (χ0n) is 5.43. The van der Waals surface area contributed by atoms with E-state index in [0.29, 0.717) is 0 Å². The fourth-order valence-electron chi connectivity index (χ4n) is 0.294. The van der Waals surface area contributed by atoms with Gasteiger partial charge in [0.2, 0.25) is 0 Å². The van der Waals surface area contributed by atoms with E-state index in [9.17, 15) is 4.79 Å². The quantitative estimate of drug-likeness (QED) is 0.357. The molecule has 60 valence electrons. The first-order valence-corrected chi connectivity index (χ1v) is 2.01. The molecule has 0 aromatic carbocycles. The summed E-state index contributed by atoms with van der Waals surface area (Å²) in [6.07, 6.45) is 1.17. The van der Waals surface area contributed by atoms with Crippen molar-refractivity contribution in [3.8, 4) is 0 Å². The zero-order chi connectivity index (χ0) is 5.86. The van der Waals surface area contributed by atoms with Gasteiger partial charge in [0.25, 0.3) is 0 Å². The van der Waals surface area contributed by atoms with Gasteiger partial charge in [-0.1, -0.05) is 0 Å². The Morgan fingerprint density at radius 1 is 1.30 bits per heavy atom. The van der Waals surface area contributed by atoms with Gasteiger partial charge in [-0.3, -0.25) is 4.79 Å². The average molecular weight is 275 g/mol. The van der Waals surface area contributed by atoms with Crippen LogP contribution in [0.1, 0.15) is 13.8 Å². The molecular weight excluding hydrogens is 261 g/mol. The van der Waals surface area contributed by atoms with E-state index in [1.807, 2.05) is 0 Å². The maximum absolute atomic E-state index is 10.0. The van der Waals surface area contributed by atoms with Gasteiger partial charge in [0.05, 0.1) is 5.76 Å². The van der Waals surface area contributed by atoms with Crippen LogP contribution in [0, 0.1) is 0 Å². The van der Waals surface area contributed by atoms with E-state index in [4.69, 9.17) is 5.11 Å². The second-order valence-electron chi connectivity index (χ2n) is 1.40. The molecule has 0 saturated heterocycles. The van der Waals surface area contributed by atoms with Gasteiger partial charge in [-0.25, -0.2) is 0 Å². The number of hydrogen-bond acceptors (Lipinski definition) is 2. The third kappa shape index (κ3) is 23.3. The summed E-state index contributed by atoms with van der Waals surface area (Å²) in [5.74, 6) is -0.0625. The van der Waals surface area contributed by atoms with Crippen LogP contribution >= 0.6 is 0 Å². The monoisotopic (exact) mass is 276 g/mol. The SMILES string of the molecule is CC(=O)/C=C(/C)O.O.O.[BaH2]. The van der Waals surface area contributed by atoms with Crippen molar-refractivity contribution in [2.75, 3.05) is 0 Å². The Balaban J connectivity index is -0.0000000600. The summed E-state index contributed by atoms with van der Waals surface area (Å²) < 4.78 is 0. The van der Waals surface area contributed by atoms with Gasteiger partial charge in [-0.2, -0.15) is 0 Å². The van der Waals surface area contributed by atoms with E-state index < -0.39 is 0 Å². The fraction of sp³-hybridized carbons (Fsp3) is 0.400. The Labute approximate surface area is 100 Å². The van der Waals surface area contributed by atoms with E-state index in [1.165, 1.54) is 19.9 Å². The molecule has 5 N–H and O–H groups in total.